The number of nitrogens with zero attached hydrogens (tertiary/aromatic N) is 1. The quantitative estimate of drug-likeness (QED) is 0.900. The van der Waals surface area contributed by atoms with Gasteiger partial charge in [0.2, 0.25) is 5.88 Å². The minimum Gasteiger partial charge on any atom is -0.481 e. The number of pyridine rings is 1. The topological polar surface area (TPSA) is 34.1 Å². The summed E-state index contributed by atoms with van der Waals surface area (Å²) >= 11 is 0. The van der Waals surface area contributed by atoms with Crippen molar-refractivity contribution in [1.29, 1.82) is 0 Å². The predicted octanol–water partition coefficient (Wildman–Crippen LogP) is 2.62. The van der Waals surface area contributed by atoms with Crippen LogP contribution in [0.15, 0.2) is 36.5 Å². The van der Waals surface area contributed by atoms with E-state index in [2.05, 4.69) is 10.3 Å². The second-order valence-corrected chi connectivity index (χ2v) is 3.92. The molecule has 0 saturated carbocycles. The van der Waals surface area contributed by atoms with Crippen LogP contribution >= 0.6 is 0 Å². The molecule has 2 rings (SSSR count). The largest absolute Gasteiger partial charge is 0.481 e. The molecule has 0 atom stereocenters. The van der Waals surface area contributed by atoms with Gasteiger partial charge in [0.25, 0.3) is 0 Å². The maximum absolute atomic E-state index is 13.2. The van der Waals surface area contributed by atoms with Crippen molar-refractivity contribution in [3.63, 3.8) is 0 Å². The average Bonchev–Trinajstić information content (AvgIpc) is 2.40. The van der Waals surface area contributed by atoms with Gasteiger partial charge in [0, 0.05) is 24.4 Å². The molecule has 2 aromatic rings. The van der Waals surface area contributed by atoms with E-state index in [0.29, 0.717) is 12.4 Å². The fraction of sp³-hybridized carbons (Fsp3) is 0.214. The number of hydrogen-bond acceptors (Lipinski definition) is 3. The van der Waals surface area contributed by atoms with Gasteiger partial charge in [-0.2, -0.15) is 0 Å². The van der Waals surface area contributed by atoms with Crippen LogP contribution in [0.2, 0.25) is 0 Å². The second kappa shape index (κ2) is 5.60. The Bertz CT molecular complexity index is 526. The van der Waals surface area contributed by atoms with Crippen molar-refractivity contribution >= 4 is 0 Å². The average molecular weight is 246 g/mol. The Hall–Kier alpha value is -1.94. The number of nitrogens with one attached hydrogen (secondary N) is 1. The highest BCUT2D eigenvalue weighted by atomic mass is 19.1. The smallest absolute Gasteiger partial charge is 0.212 e. The van der Waals surface area contributed by atoms with Gasteiger partial charge in [-0.1, -0.05) is 6.07 Å². The zero-order valence-corrected chi connectivity index (χ0v) is 10.4. The molecule has 0 aliphatic carbocycles. The zero-order valence-electron chi connectivity index (χ0n) is 10.4. The molecule has 3 nitrogen and oxygen atoms in total. The van der Waals surface area contributed by atoms with Crippen LogP contribution in [0, 0.1) is 5.82 Å². The second-order valence-electron chi connectivity index (χ2n) is 3.92. The first-order valence-electron chi connectivity index (χ1n) is 5.68. The number of rotatable bonds is 4. The van der Waals surface area contributed by atoms with E-state index in [1.807, 2.05) is 13.1 Å². The van der Waals surface area contributed by atoms with Crippen LogP contribution in [0.25, 0.3) is 11.1 Å². The fourth-order valence-corrected chi connectivity index (χ4v) is 1.84. The molecule has 0 amide bonds. The molecule has 0 unspecified atom stereocenters. The number of hydrogen-bond donors (Lipinski definition) is 1. The van der Waals surface area contributed by atoms with Gasteiger partial charge in [0.1, 0.15) is 5.82 Å². The van der Waals surface area contributed by atoms with Crippen molar-refractivity contribution in [3.8, 4) is 17.0 Å². The van der Waals surface area contributed by atoms with Gasteiger partial charge >= 0.3 is 0 Å². The lowest BCUT2D eigenvalue weighted by Crippen LogP contribution is -2.06. The molecular formula is C14H15FN2O. The lowest BCUT2D eigenvalue weighted by molar-refractivity contribution is 0.398. The maximum Gasteiger partial charge on any atom is 0.212 e. The Labute approximate surface area is 106 Å². The van der Waals surface area contributed by atoms with E-state index in [1.165, 1.54) is 12.1 Å². The molecule has 0 fully saturated rings. The van der Waals surface area contributed by atoms with Gasteiger partial charge < -0.3 is 10.1 Å². The van der Waals surface area contributed by atoms with E-state index in [-0.39, 0.29) is 5.82 Å². The minimum atomic E-state index is -0.231. The third kappa shape index (κ3) is 2.65. The highest BCUT2D eigenvalue weighted by Gasteiger charge is 2.06. The van der Waals surface area contributed by atoms with Crippen molar-refractivity contribution in [1.82, 2.24) is 10.3 Å². The summed E-state index contributed by atoms with van der Waals surface area (Å²) in [6.07, 6.45) is 1.73. The lowest BCUT2D eigenvalue weighted by atomic mass is 10.0. The zero-order chi connectivity index (χ0) is 13.0. The molecule has 0 aliphatic heterocycles. The van der Waals surface area contributed by atoms with Crippen molar-refractivity contribution in [2.24, 2.45) is 0 Å². The Morgan fingerprint density at radius 2 is 2.11 bits per heavy atom. The molecule has 0 aliphatic rings. The SMILES string of the molecule is CNCc1cc(F)ccc1-c1ccc(OC)nc1. The number of benzene rings is 1. The Balaban J connectivity index is 2.41. The number of methoxy groups -OCH3 is 1. The van der Waals surface area contributed by atoms with Crippen molar-refractivity contribution in [2.45, 2.75) is 6.54 Å². The van der Waals surface area contributed by atoms with Crippen LogP contribution < -0.4 is 10.1 Å². The third-order valence-electron chi connectivity index (χ3n) is 2.69. The summed E-state index contributed by atoms with van der Waals surface area (Å²) in [6, 6.07) is 8.47. The Morgan fingerprint density at radius 3 is 2.72 bits per heavy atom. The molecule has 18 heavy (non-hydrogen) atoms. The third-order valence-corrected chi connectivity index (χ3v) is 2.69. The summed E-state index contributed by atoms with van der Waals surface area (Å²) < 4.78 is 18.3. The number of aromatic nitrogens is 1. The molecule has 1 heterocycles. The highest BCUT2D eigenvalue weighted by molar-refractivity contribution is 5.66. The lowest BCUT2D eigenvalue weighted by Gasteiger charge is -2.09. The molecular weight excluding hydrogens is 231 g/mol. The Morgan fingerprint density at radius 1 is 1.28 bits per heavy atom. The number of halogens is 1. The van der Waals surface area contributed by atoms with Gasteiger partial charge in [-0.3, -0.25) is 0 Å². The summed E-state index contributed by atoms with van der Waals surface area (Å²) in [6.45, 7) is 0.610. The maximum atomic E-state index is 13.2. The normalized spacial score (nSPS) is 10.4. The fourth-order valence-electron chi connectivity index (χ4n) is 1.84. The van der Waals surface area contributed by atoms with Gasteiger partial charge in [-0.05, 0) is 36.4 Å². The van der Waals surface area contributed by atoms with Crippen molar-refractivity contribution in [3.05, 3.63) is 47.9 Å². The minimum absolute atomic E-state index is 0.231. The highest BCUT2D eigenvalue weighted by Crippen LogP contribution is 2.25. The standard InChI is InChI=1S/C14H15FN2O/c1-16-8-11-7-12(15)4-5-13(11)10-3-6-14(18-2)17-9-10/h3-7,9,16H,8H2,1-2H3. The van der Waals surface area contributed by atoms with E-state index in [9.17, 15) is 4.39 Å². The summed E-state index contributed by atoms with van der Waals surface area (Å²) in [5.74, 6) is 0.335. The van der Waals surface area contributed by atoms with E-state index < -0.39 is 0 Å². The van der Waals surface area contributed by atoms with Gasteiger partial charge in [0.05, 0.1) is 7.11 Å². The number of ether oxygens (including phenoxy) is 1. The van der Waals surface area contributed by atoms with E-state index in [4.69, 9.17) is 4.74 Å². The molecule has 0 spiro atoms. The van der Waals surface area contributed by atoms with Crippen molar-refractivity contribution in [2.75, 3.05) is 14.2 Å². The molecule has 94 valence electrons. The summed E-state index contributed by atoms with van der Waals surface area (Å²) in [5, 5.41) is 3.03. The molecule has 1 N–H and O–H groups in total. The Kier molecular flexibility index (Phi) is 3.89. The van der Waals surface area contributed by atoms with E-state index in [0.717, 1.165) is 16.7 Å². The van der Waals surface area contributed by atoms with Gasteiger partial charge in [0.15, 0.2) is 0 Å². The van der Waals surface area contributed by atoms with Gasteiger partial charge in [-0.15, -0.1) is 0 Å². The first kappa shape index (κ1) is 12.5. The predicted molar refractivity (Wildman–Crippen MR) is 68.9 cm³/mol. The molecule has 0 saturated heterocycles. The molecule has 1 aromatic carbocycles. The van der Waals surface area contributed by atoms with Gasteiger partial charge in [-0.25, -0.2) is 9.37 Å². The summed E-state index contributed by atoms with van der Waals surface area (Å²) in [5.41, 5.74) is 2.83. The van der Waals surface area contributed by atoms with Crippen LogP contribution in [0.4, 0.5) is 4.39 Å². The van der Waals surface area contributed by atoms with E-state index >= 15 is 0 Å². The van der Waals surface area contributed by atoms with Crippen LogP contribution in [-0.2, 0) is 6.54 Å². The van der Waals surface area contributed by atoms with Crippen LogP contribution in [0.3, 0.4) is 0 Å². The molecule has 0 bridgehead atoms. The first-order valence-corrected chi connectivity index (χ1v) is 5.68. The first-order chi connectivity index (χ1) is 8.74. The van der Waals surface area contributed by atoms with Crippen LogP contribution in [0.1, 0.15) is 5.56 Å². The van der Waals surface area contributed by atoms with Crippen LogP contribution in [-0.4, -0.2) is 19.1 Å². The molecule has 0 radical (unpaired) electrons. The molecule has 4 heteroatoms. The summed E-state index contributed by atoms with van der Waals surface area (Å²) in [7, 11) is 3.41. The summed E-state index contributed by atoms with van der Waals surface area (Å²) in [4.78, 5) is 4.16. The molecule has 1 aromatic heterocycles. The van der Waals surface area contributed by atoms with Crippen molar-refractivity contribution < 1.29 is 9.13 Å². The van der Waals surface area contributed by atoms with Crippen LogP contribution in [0.5, 0.6) is 5.88 Å². The monoisotopic (exact) mass is 246 g/mol. The van der Waals surface area contributed by atoms with E-state index in [1.54, 1.807) is 25.4 Å².